The van der Waals surface area contributed by atoms with E-state index in [9.17, 15) is 4.79 Å². The molecule has 0 radical (unpaired) electrons. The van der Waals surface area contributed by atoms with E-state index in [0.717, 1.165) is 11.1 Å². The van der Waals surface area contributed by atoms with Gasteiger partial charge in [-0.15, -0.1) is 0 Å². The highest BCUT2D eigenvalue weighted by Crippen LogP contribution is 2.30. The first-order valence-electron chi connectivity index (χ1n) is 6.82. The Morgan fingerprint density at radius 2 is 1.95 bits per heavy atom. The molecule has 3 rings (SSSR count). The summed E-state index contributed by atoms with van der Waals surface area (Å²) in [5.41, 5.74) is 2.67. The van der Waals surface area contributed by atoms with E-state index in [2.05, 4.69) is 15.3 Å². The van der Waals surface area contributed by atoms with Gasteiger partial charge in [-0.05, 0) is 23.3 Å². The third-order valence-corrected chi connectivity index (χ3v) is 3.27. The summed E-state index contributed by atoms with van der Waals surface area (Å²) < 4.78 is 5.31. The average Bonchev–Trinajstić information content (AvgIpc) is 3.10. The third-order valence-electron chi connectivity index (χ3n) is 3.27. The van der Waals surface area contributed by atoms with E-state index in [1.807, 2.05) is 48.5 Å². The van der Waals surface area contributed by atoms with Gasteiger partial charge in [0.1, 0.15) is 5.75 Å². The highest BCUT2D eigenvalue weighted by molar-refractivity contribution is 6.02. The maximum atomic E-state index is 12.1. The van der Waals surface area contributed by atoms with Crippen molar-refractivity contribution in [3.05, 3.63) is 66.7 Å². The number of nitrogens with one attached hydrogen (secondary N) is 2. The quantitative estimate of drug-likeness (QED) is 0.775. The molecule has 110 valence electrons. The lowest BCUT2D eigenvalue weighted by Crippen LogP contribution is -2.14. The normalized spacial score (nSPS) is 10.2. The Bertz CT molecular complexity index is 768. The second kappa shape index (κ2) is 6.13. The first kappa shape index (κ1) is 13.9. The molecule has 0 atom stereocenters. The number of aromatic nitrogens is 2. The summed E-state index contributed by atoms with van der Waals surface area (Å²) in [5, 5.41) is 2.82. The summed E-state index contributed by atoms with van der Waals surface area (Å²) in [6, 6.07) is 15.6. The van der Waals surface area contributed by atoms with E-state index in [-0.39, 0.29) is 11.7 Å². The topological polar surface area (TPSA) is 67.0 Å². The van der Waals surface area contributed by atoms with Gasteiger partial charge in [0.15, 0.2) is 5.82 Å². The van der Waals surface area contributed by atoms with Crippen molar-refractivity contribution in [1.82, 2.24) is 9.97 Å². The fourth-order valence-electron chi connectivity index (χ4n) is 2.19. The second-order valence-electron chi connectivity index (χ2n) is 4.67. The van der Waals surface area contributed by atoms with Crippen molar-refractivity contribution in [2.45, 2.75) is 0 Å². The Labute approximate surface area is 128 Å². The molecule has 5 heteroatoms. The molecule has 0 unspecified atom stereocenters. The lowest BCUT2D eigenvalue weighted by Gasteiger charge is -2.11. The lowest BCUT2D eigenvalue weighted by atomic mass is 10.0. The largest absolute Gasteiger partial charge is 0.495 e. The van der Waals surface area contributed by atoms with Gasteiger partial charge < -0.3 is 15.0 Å². The average molecular weight is 293 g/mol. The Balaban J connectivity index is 1.93. The maximum Gasteiger partial charge on any atom is 0.291 e. The monoisotopic (exact) mass is 293 g/mol. The molecule has 0 bridgehead atoms. The summed E-state index contributed by atoms with van der Waals surface area (Å²) >= 11 is 0. The summed E-state index contributed by atoms with van der Waals surface area (Å²) in [6.45, 7) is 0. The molecule has 1 amide bonds. The Morgan fingerprint density at radius 1 is 1.14 bits per heavy atom. The number of benzene rings is 2. The molecular formula is C17H15N3O2. The number of imidazole rings is 1. The zero-order valence-electron chi connectivity index (χ0n) is 12.0. The van der Waals surface area contributed by atoms with Gasteiger partial charge in [0, 0.05) is 12.4 Å². The number of nitrogens with zero attached hydrogens (tertiary/aromatic N) is 1. The van der Waals surface area contributed by atoms with Crippen molar-refractivity contribution in [3.63, 3.8) is 0 Å². The van der Waals surface area contributed by atoms with E-state index >= 15 is 0 Å². The summed E-state index contributed by atoms with van der Waals surface area (Å²) in [5.74, 6) is 0.542. The van der Waals surface area contributed by atoms with Crippen LogP contribution in [0.5, 0.6) is 5.75 Å². The molecule has 3 aromatic rings. The number of amides is 1. The standard InChI is InChI=1S/C17H15N3O2/c1-22-15-8-7-13(12-5-3-2-4-6-12)11-14(15)20-17(21)16-18-9-10-19-16/h2-11H,1H3,(H,18,19)(H,20,21). The van der Waals surface area contributed by atoms with Crippen molar-refractivity contribution in [2.75, 3.05) is 12.4 Å². The van der Waals surface area contributed by atoms with Gasteiger partial charge in [-0.25, -0.2) is 4.98 Å². The molecule has 22 heavy (non-hydrogen) atoms. The number of methoxy groups -OCH3 is 1. The van der Waals surface area contributed by atoms with Crippen LogP contribution >= 0.6 is 0 Å². The van der Waals surface area contributed by atoms with Crippen LogP contribution < -0.4 is 10.1 Å². The van der Waals surface area contributed by atoms with Crippen molar-refractivity contribution >= 4 is 11.6 Å². The minimum Gasteiger partial charge on any atom is -0.495 e. The molecule has 5 nitrogen and oxygen atoms in total. The molecule has 0 spiro atoms. The van der Waals surface area contributed by atoms with E-state index < -0.39 is 0 Å². The Kier molecular flexibility index (Phi) is 3.87. The molecule has 1 heterocycles. The number of ether oxygens (including phenoxy) is 1. The van der Waals surface area contributed by atoms with E-state index in [0.29, 0.717) is 11.4 Å². The number of hydrogen-bond donors (Lipinski definition) is 2. The lowest BCUT2D eigenvalue weighted by molar-refractivity contribution is 0.101. The SMILES string of the molecule is COc1ccc(-c2ccccc2)cc1NC(=O)c1ncc[nH]1. The van der Waals surface area contributed by atoms with Crippen molar-refractivity contribution < 1.29 is 9.53 Å². The number of carbonyl (C=O) groups is 1. The van der Waals surface area contributed by atoms with Crippen molar-refractivity contribution in [3.8, 4) is 16.9 Å². The number of rotatable bonds is 4. The smallest absolute Gasteiger partial charge is 0.291 e. The van der Waals surface area contributed by atoms with Crippen LogP contribution in [0.3, 0.4) is 0 Å². The van der Waals surface area contributed by atoms with Gasteiger partial charge in [0.05, 0.1) is 12.8 Å². The van der Waals surface area contributed by atoms with Gasteiger partial charge in [-0.2, -0.15) is 0 Å². The van der Waals surface area contributed by atoms with Crippen molar-refractivity contribution in [2.24, 2.45) is 0 Å². The number of aromatic amines is 1. The summed E-state index contributed by atoms with van der Waals surface area (Å²) in [6.07, 6.45) is 3.14. The van der Waals surface area contributed by atoms with Crippen LogP contribution in [0.15, 0.2) is 60.9 Å². The van der Waals surface area contributed by atoms with Crippen LogP contribution in [-0.4, -0.2) is 23.0 Å². The molecule has 0 aliphatic rings. The van der Waals surface area contributed by atoms with Crippen LogP contribution in [-0.2, 0) is 0 Å². The molecule has 2 N–H and O–H groups in total. The first-order chi connectivity index (χ1) is 10.8. The van der Waals surface area contributed by atoms with Gasteiger partial charge in [-0.1, -0.05) is 36.4 Å². The molecular weight excluding hydrogens is 278 g/mol. The molecule has 1 aromatic heterocycles. The summed E-state index contributed by atoms with van der Waals surface area (Å²) in [4.78, 5) is 18.8. The molecule has 0 aliphatic carbocycles. The number of H-pyrrole nitrogens is 1. The summed E-state index contributed by atoms with van der Waals surface area (Å²) in [7, 11) is 1.57. The third kappa shape index (κ3) is 2.83. The molecule has 0 saturated carbocycles. The molecule has 0 aliphatic heterocycles. The predicted octanol–water partition coefficient (Wildman–Crippen LogP) is 3.34. The zero-order chi connectivity index (χ0) is 15.4. The molecule has 0 fully saturated rings. The number of hydrogen-bond acceptors (Lipinski definition) is 3. The highest BCUT2D eigenvalue weighted by Gasteiger charge is 2.12. The van der Waals surface area contributed by atoms with Crippen molar-refractivity contribution in [1.29, 1.82) is 0 Å². The van der Waals surface area contributed by atoms with Gasteiger partial charge >= 0.3 is 0 Å². The Morgan fingerprint density at radius 3 is 2.64 bits per heavy atom. The van der Waals surface area contributed by atoms with Gasteiger partial charge in [-0.3, -0.25) is 4.79 Å². The van der Waals surface area contributed by atoms with Gasteiger partial charge in [0.25, 0.3) is 5.91 Å². The van der Waals surface area contributed by atoms with E-state index in [1.54, 1.807) is 13.3 Å². The van der Waals surface area contributed by atoms with Crippen LogP contribution in [0, 0.1) is 0 Å². The number of carbonyl (C=O) groups excluding carboxylic acids is 1. The maximum absolute atomic E-state index is 12.1. The predicted molar refractivity (Wildman–Crippen MR) is 85.0 cm³/mol. The molecule has 2 aromatic carbocycles. The van der Waals surface area contributed by atoms with Crippen LogP contribution in [0.4, 0.5) is 5.69 Å². The molecule has 0 saturated heterocycles. The van der Waals surface area contributed by atoms with E-state index in [4.69, 9.17) is 4.74 Å². The fourth-order valence-corrected chi connectivity index (χ4v) is 2.19. The number of anilines is 1. The zero-order valence-corrected chi connectivity index (χ0v) is 12.0. The van der Waals surface area contributed by atoms with Crippen LogP contribution in [0.25, 0.3) is 11.1 Å². The minimum absolute atomic E-state index is 0.257. The van der Waals surface area contributed by atoms with E-state index in [1.165, 1.54) is 6.20 Å². The minimum atomic E-state index is -0.312. The Hall–Kier alpha value is -3.08. The first-order valence-corrected chi connectivity index (χ1v) is 6.82. The highest BCUT2D eigenvalue weighted by atomic mass is 16.5. The second-order valence-corrected chi connectivity index (χ2v) is 4.67. The fraction of sp³-hybridized carbons (Fsp3) is 0.0588. The van der Waals surface area contributed by atoms with Crippen LogP contribution in [0.1, 0.15) is 10.6 Å². The van der Waals surface area contributed by atoms with Gasteiger partial charge in [0.2, 0.25) is 0 Å². The van der Waals surface area contributed by atoms with Crippen LogP contribution in [0.2, 0.25) is 0 Å².